The average Bonchev–Trinajstić information content (AvgIpc) is 2.80. The van der Waals surface area contributed by atoms with Gasteiger partial charge < -0.3 is 5.73 Å². The van der Waals surface area contributed by atoms with Gasteiger partial charge in [0.2, 0.25) is 0 Å². The topological polar surface area (TPSA) is 38.9 Å². The molecule has 0 saturated carbocycles. The molecular weight excluding hydrogens is 260 g/mol. The smallest absolute Gasteiger partial charge is 0.103 e. The van der Waals surface area contributed by atoms with E-state index in [4.69, 9.17) is 5.73 Å². The van der Waals surface area contributed by atoms with Gasteiger partial charge in [-0.25, -0.2) is 4.98 Å². The Bertz CT molecular complexity index is 492. The summed E-state index contributed by atoms with van der Waals surface area (Å²) in [6, 6.07) is 10.4. The van der Waals surface area contributed by atoms with Crippen molar-refractivity contribution in [1.82, 2.24) is 4.98 Å². The standard InChI is InChI=1S/C14H18N2S2/c1-10(2)17-9-13-16-12(8-15)14(18-13)11-6-4-3-5-7-11/h3-7,10H,8-9,15H2,1-2H3. The summed E-state index contributed by atoms with van der Waals surface area (Å²) >= 11 is 3.69. The van der Waals surface area contributed by atoms with Crippen molar-refractivity contribution in [2.75, 3.05) is 0 Å². The third-order valence-corrected chi connectivity index (χ3v) is 4.95. The summed E-state index contributed by atoms with van der Waals surface area (Å²) in [5.41, 5.74) is 8.03. The Morgan fingerprint density at radius 2 is 2.00 bits per heavy atom. The first-order valence-electron chi connectivity index (χ1n) is 6.06. The minimum absolute atomic E-state index is 0.507. The monoisotopic (exact) mass is 278 g/mol. The van der Waals surface area contributed by atoms with Gasteiger partial charge in [-0.1, -0.05) is 44.2 Å². The van der Waals surface area contributed by atoms with Crippen LogP contribution < -0.4 is 5.73 Å². The van der Waals surface area contributed by atoms with E-state index in [2.05, 4.69) is 43.1 Å². The molecule has 0 atom stereocenters. The summed E-state index contributed by atoms with van der Waals surface area (Å²) in [6.45, 7) is 4.92. The van der Waals surface area contributed by atoms with E-state index in [1.807, 2.05) is 17.8 Å². The summed E-state index contributed by atoms with van der Waals surface area (Å²) in [5.74, 6) is 0.974. The zero-order chi connectivity index (χ0) is 13.0. The van der Waals surface area contributed by atoms with E-state index in [1.54, 1.807) is 11.3 Å². The highest BCUT2D eigenvalue weighted by Crippen LogP contribution is 2.32. The molecule has 0 aliphatic carbocycles. The Morgan fingerprint density at radius 1 is 1.28 bits per heavy atom. The van der Waals surface area contributed by atoms with E-state index >= 15 is 0 Å². The minimum Gasteiger partial charge on any atom is -0.325 e. The summed E-state index contributed by atoms with van der Waals surface area (Å²) in [5, 5.41) is 1.81. The van der Waals surface area contributed by atoms with Crippen LogP contribution in [0.3, 0.4) is 0 Å². The van der Waals surface area contributed by atoms with E-state index in [0.29, 0.717) is 11.8 Å². The minimum atomic E-state index is 0.507. The molecule has 18 heavy (non-hydrogen) atoms. The van der Waals surface area contributed by atoms with Crippen LogP contribution in [0.4, 0.5) is 0 Å². The van der Waals surface area contributed by atoms with Crippen molar-refractivity contribution in [3.63, 3.8) is 0 Å². The van der Waals surface area contributed by atoms with E-state index in [9.17, 15) is 0 Å². The molecular formula is C14H18N2S2. The summed E-state index contributed by atoms with van der Waals surface area (Å²) in [7, 11) is 0. The molecule has 0 saturated heterocycles. The number of thioether (sulfide) groups is 1. The third-order valence-electron chi connectivity index (χ3n) is 2.51. The Balaban J connectivity index is 2.25. The molecule has 2 rings (SSSR count). The number of aromatic nitrogens is 1. The lowest BCUT2D eigenvalue weighted by atomic mass is 10.1. The highest BCUT2D eigenvalue weighted by Gasteiger charge is 2.12. The van der Waals surface area contributed by atoms with Crippen molar-refractivity contribution in [3.8, 4) is 10.4 Å². The maximum Gasteiger partial charge on any atom is 0.103 e. The van der Waals surface area contributed by atoms with Crippen LogP contribution in [-0.2, 0) is 12.3 Å². The predicted molar refractivity (Wildman–Crippen MR) is 81.9 cm³/mol. The zero-order valence-corrected chi connectivity index (χ0v) is 12.4. The lowest BCUT2D eigenvalue weighted by molar-refractivity contribution is 0.997. The van der Waals surface area contributed by atoms with Gasteiger partial charge in [0, 0.05) is 12.3 Å². The molecule has 0 aliphatic rings. The Hall–Kier alpha value is -0.840. The molecule has 1 aromatic carbocycles. The van der Waals surface area contributed by atoms with Gasteiger partial charge in [0.15, 0.2) is 0 Å². The molecule has 0 radical (unpaired) electrons. The molecule has 0 fully saturated rings. The maximum absolute atomic E-state index is 5.79. The SMILES string of the molecule is CC(C)SCc1nc(CN)c(-c2ccccc2)s1. The second-order valence-corrected chi connectivity index (χ2v) is 6.96. The van der Waals surface area contributed by atoms with E-state index in [1.165, 1.54) is 15.4 Å². The largest absolute Gasteiger partial charge is 0.325 e. The maximum atomic E-state index is 5.79. The number of nitrogens with zero attached hydrogens (tertiary/aromatic N) is 1. The van der Waals surface area contributed by atoms with Crippen LogP contribution in [0.5, 0.6) is 0 Å². The Morgan fingerprint density at radius 3 is 2.61 bits per heavy atom. The number of nitrogens with two attached hydrogens (primary N) is 1. The van der Waals surface area contributed by atoms with Gasteiger partial charge in [-0.05, 0) is 10.8 Å². The quantitative estimate of drug-likeness (QED) is 0.901. The van der Waals surface area contributed by atoms with E-state index < -0.39 is 0 Å². The van der Waals surface area contributed by atoms with Crippen molar-refractivity contribution in [2.24, 2.45) is 5.73 Å². The van der Waals surface area contributed by atoms with Gasteiger partial charge in [-0.3, -0.25) is 0 Å². The van der Waals surface area contributed by atoms with Crippen molar-refractivity contribution < 1.29 is 0 Å². The van der Waals surface area contributed by atoms with E-state index in [-0.39, 0.29) is 0 Å². The van der Waals surface area contributed by atoms with Crippen LogP contribution in [-0.4, -0.2) is 10.2 Å². The lowest BCUT2D eigenvalue weighted by Crippen LogP contribution is -1.98. The molecule has 1 aromatic heterocycles. The normalized spacial score (nSPS) is 11.1. The molecule has 0 unspecified atom stereocenters. The van der Waals surface area contributed by atoms with Crippen molar-refractivity contribution in [2.45, 2.75) is 31.4 Å². The predicted octanol–water partition coefficient (Wildman–Crippen LogP) is 3.91. The summed E-state index contributed by atoms with van der Waals surface area (Å²) < 4.78 is 0. The second-order valence-electron chi connectivity index (χ2n) is 4.31. The fourth-order valence-corrected chi connectivity index (χ4v) is 3.53. The van der Waals surface area contributed by atoms with Gasteiger partial charge in [0.05, 0.1) is 10.6 Å². The van der Waals surface area contributed by atoms with Gasteiger partial charge >= 0.3 is 0 Å². The molecule has 96 valence electrons. The molecule has 2 nitrogen and oxygen atoms in total. The van der Waals surface area contributed by atoms with Crippen LogP contribution in [0.15, 0.2) is 30.3 Å². The number of rotatable bonds is 5. The molecule has 4 heteroatoms. The third kappa shape index (κ3) is 3.34. The number of hydrogen-bond donors (Lipinski definition) is 1. The molecule has 0 aliphatic heterocycles. The van der Waals surface area contributed by atoms with Crippen LogP contribution in [0.1, 0.15) is 24.5 Å². The van der Waals surface area contributed by atoms with Gasteiger partial charge in [-0.15, -0.1) is 11.3 Å². The zero-order valence-electron chi connectivity index (χ0n) is 10.7. The van der Waals surface area contributed by atoms with Gasteiger partial charge in [-0.2, -0.15) is 11.8 Å². The van der Waals surface area contributed by atoms with Crippen LogP contribution >= 0.6 is 23.1 Å². The van der Waals surface area contributed by atoms with Gasteiger partial charge in [0.25, 0.3) is 0 Å². The number of thiazole rings is 1. The van der Waals surface area contributed by atoms with Crippen LogP contribution in [0.2, 0.25) is 0 Å². The molecule has 0 spiro atoms. The molecule has 2 aromatic rings. The van der Waals surface area contributed by atoms with E-state index in [0.717, 1.165) is 11.4 Å². The highest BCUT2D eigenvalue weighted by molar-refractivity contribution is 7.99. The lowest BCUT2D eigenvalue weighted by Gasteiger charge is -2.00. The summed E-state index contributed by atoms with van der Waals surface area (Å²) in [4.78, 5) is 5.87. The molecule has 2 N–H and O–H groups in total. The first-order chi connectivity index (χ1) is 8.70. The van der Waals surface area contributed by atoms with Crippen molar-refractivity contribution >= 4 is 23.1 Å². The fourth-order valence-electron chi connectivity index (χ4n) is 1.65. The number of hydrogen-bond acceptors (Lipinski definition) is 4. The summed E-state index contributed by atoms with van der Waals surface area (Å²) in [6.07, 6.45) is 0. The molecule has 0 amide bonds. The Labute approximate surface area is 117 Å². The molecule has 1 heterocycles. The fraction of sp³-hybridized carbons (Fsp3) is 0.357. The number of benzene rings is 1. The first kappa shape index (κ1) is 13.6. The highest BCUT2D eigenvalue weighted by atomic mass is 32.2. The van der Waals surface area contributed by atoms with Crippen LogP contribution in [0.25, 0.3) is 10.4 Å². The van der Waals surface area contributed by atoms with Crippen LogP contribution in [0, 0.1) is 0 Å². The van der Waals surface area contributed by atoms with Gasteiger partial charge in [0.1, 0.15) is 5.01 Å². The first-order valence-corrected chi connectivity index (χ1v) is 7.93. The Kier molecular flexibility index (Phi) is 4.80. The van der Waals surface area contributed by atoms with Crippen molar-refractivity contribution in [3.05, 3.63) is 41.0 Å². The van der Waals surface area contributed by atoms with Crippen molar-refractivity contribution in [1.29, 1.82) is 0 Å². The molecule has 0 bridgehead atoms. The second kappa shape index (κ2) is 6.36. The average molecular weight is 278 g/mol.